The monoisotopic (exact) mass is 429 g/mol. The Morgan fingerprint density at radius 2 is 1.70 bits per heavy atom. The highest BCUT2D eigenvalue weighted by atomic mass is 79.9. The molecule has 0 bridgehead atoms. The number of carbonyl (C=O) groups excluding carboxylic acids is 1. The largest absolute Gasteiger partial charge is 0.457 e. The molecule has 0 N–H and O–H groups in total. The Bertz CT molecular complexity index is 761. The van der Waals surface area contributed by atoms with Crippen molar-refractivity contribution in [1.29, 1.82) is 0 Å². The molecule has 2 fully saturated rings. The number of halogens is 1. The second-order valence-corrected chi connectivity index (χ2v) is 8.13. The van der Waals surface area contributed by atoms with Crippen molar-refractivity contribution >= 4 is 27.6 Å². The second-order valence-electron chi connectivity index (χ2n) is 7.21. The van der Waals surface area contributed by atoms with Crippen molar-refractivity contribution in [1.82, 2.24) is 0 Å². The number of nitrogens with zero attached hydrogens (tertiary/aromatic N) is 1. The van der Waals surface area contributed by atoms with E-state index in [9.17, 15) is 4.79 Å². The van der Waals surface area contributed by atoms with Crippen LogP contribution in [0, 0.1) is 5.41 Å². The Hall–Kier alpha value is -1.81. The molecule has 1 heterocycles. The van der Waals surface area contributed by atoms with Crippen LogP contribution >= 0.6 is 15.9 Å². The van der Waals surface area contributed by atoms with Crippen molar-refractivity contribution in [2.75, 3.05) is 18.0 Å². The summed E-state index contributed by atoms with van der Waals surface area (Å²) in [5.41, 5.74) is 3.27. The van der Waals surface area contributed by atoms with Gasteiger partial charge in [-0.3, -0.25) is 0 Å². The molecule has 1 saturated heterocycles. The van der Waals surface area contributed by atoms with Gasteiger partial charge < -0.3 is 9.64 Å². The van der Waals surface area contributed by atoms with Crippen molar-refractivity contribution in [3.63, 3.8) is 0 Å². The lowest BCUT2D eigenvalue weighted by molar-refractivity contribution is 0.0473. The van der Waals surface area contributed by atoms with Gasteiger partial charge in [-0.2, -0.15) is 0 Å². The van der Waals surface area contributed by atoms with E-state index in [2.05, 4.69) is 20.8 Å². The maximum atomic E-state index is 12.7. The summed E-state index contributed by atoms with van der Waals surface area (Å²) in [7, 11) is 0. The first-order valence-corrected chi connectivity index (χ1v) is 10.7. The van der Waals surface area contributed by atoms with E-state index >= 15 is 0 Å². The predicted octanol–water partition coefficient (Wildman–Crippen LogP) is 6.21. The molecule has 0 unspecified atom stereocenters. The highest BCUT2D eigenvalue weighted by Crippen LogP contribution is 2.54. The molecule has 3 nitrogen and oxygen atoms in total. The van der Waals surface area contributed by atoms with Gasteiger partial charge in [0.1, 0.15) is 6.61 Å². The first-order chi connectivity index (χ1) is 13.2. The van der Waals surface area contributed by atoms with Crippen molar-refractivity contribution in [2.24, 2.45) is 5.41 Å². The number of anilines is 1. The van der Waals surface area contributed by atoms with E-state index in [-0.39, 0.29) is 5.97 Å². The normalized spacial score (nSPS) is 17.1. The SMILES string of the molecule is CC.O=C(OCc1ccccc1)c1ccc(Br)cc1N1CCC2(CC1)CC2. The molecule has 4 rings (SSSR count). The molecular formula is C23H28BrNO2. The van der Waals surface area contributed by atoms with Crippen molar-refractivity contribution in [3.05, 3.63) is 64.1 Å². The van der Waals surface area contributed by atoms with Crippen LogP contribution in [0.15, 0.2) is 53.0 Å². The minimum Gasteiger partial charge on any atom is -0.457 e. The molecule has 0 aromatic heterocycles. The van der Waals surface area contributed by atoms with Crippen LogP contribution in [-0.4, -0.2) is 19.1 Å². The van der Waals surface area contributed by atoms with Crippen LogP contribution in [-0.2, 0) is 11.3 Å². The summed E-state index contributed by atoms with van der Waals surface area (Å²) in [6.45, 7) is 6.35. The van der Waals surface area contributed by atoms with E-state index in [0.717, 1.165) is 28.8 Å². The number of esters is 1. The number of ether oxygens (including phenoxy) is 1. The number of piperidine rings is 1. The number of rotatable bonds is 4. The number of hydrogen-bond donors (Lipinski definition) is 0. The second kappa shape index (κ2) is 8.92. The lowest BCUT2D eigenvalue weighted by Gasteiger charge is -2.34. The van der Waals surface area contributed by atoms with E-state index in [4.69, 9.17) is 4.74 Å². The number of benzene rings is 2. The Labute approximate surface area is 170 Å². The van der Waals surface area contributed by atoms with Gasteiger partial charge in [0.25, 0.3) is 0 Å². The van der Waals surface area contributed by atoms with Crippen molar-refractivity contribution in [3.8, 4) is 0 Å². The molecule has 1 spiro atoms. The van der Waals surface area contributed by atoms with E-state index < -0.39 is 0 Å². The molecule has 1 saturated carbocycles. The summed E-state index contributed by atoms with van der Waals surface area (Å²) < 4.78 is 6.55. The summed E-state index contributed by atoms with van der Waals surface area (Å²) >= 11 is 3.54. The summed E-state index contributed by atoms with van der Waals surface area (Å²) in [6.07, 6.45) is 5.23. The lowest BCUT2D eigenvalue weighted by atomic mass is 9.93. The maximum absolute atomic E-state index is 12.7. The summed E-state index contributed by atoms with van der Waals surface area (Å²) in [5, 5.41) is 0. The third-order valence-corrected chi connectivity index (χ3v) is 6.01. The quantitative estimate of drug-likeness (QED) is 0.540. The van der Waals surface area contributed by atoms with Gasteiger partial charge in [-0.1, -0.05) is 60.1 Å². The minimum absolute atomic E-state index is 0.252. The van der Waals surface area contributed by atoms with Crippen LogP contribution < -0.4 is 4.90 Å². The van der Waals surface area contributed by atoms with Gasteiger partial charge in [0, 0.05) is 17.6 Å². The van der Waals surface area contributed by atoms with Gasteiger partial charge in [0.05, 0.1) is 11.3 Å². The van der Waals surface area contributed by atoms with E-state index in [1.807, 2.05) is 62.4 Å². The average molecular weight is 430 g/mol. The van der Waals surface area contributed by atoms with Crippen LogP contribution in [0.4, 0.5) is 5.69 Å². The van der Waals surface area contributed by atoms with Crippen molar-refractivity contribution in [2.45, 2.75) is 46.1 Å². The third-order valence-electron chi connectivity index (χ3n) is 5.51. The van der Waals surface area contributed by atoms with Gasteiger partial charge in [-0.15, -0.1) is 0 Å². The Balaban J connectivity index is 0.00000102. The fourth-order valence-corrected chi connectivity index (χ4v) is 3.99. The Kier molecular flexibility index (Phi) is 6.59. The first-order valence-electron chi connectivity index (χ1n) is 9.91. The molecule has 0 atom stereocenters. The molecule has 2 aromatic rings. The van der Waals surface area contributed by atoms with E-state index in [1.165, 1.54) is 25.7 Å². The highest BCUT2D eigenvalue weighted by molar-refractivity contribution is 9.10. The highest BCUT2D eigenvalue weighted by Gasteiger charge is 2.44. The molecule has 2 aromatic carbocycles. The molecule has 4 heteroatoms. The van der Waals surface area contributed by atoms with Crippen LogP contribution in [0.5, 0.6) is 0 Å². The molecule has 1 aliphatic carbocycles. The van der Waals surface area contributed by atoms with Gasteiger partial charge in [-0.25, -0.2) is 4.79 Å². The standard InChI is InChI=1S/C21H22BrNO2.C2H6/c22-17-6-7-18(20(24)25-15-16-4-2-1-3-5-16)19(14-17)23-12-10-21(8-9-21)11-13-23;1-2/h1-7,14H,8-13,15H2;1-2H3. The van der Waals surface area contributed by atoms with E-state index in [1.54, 1.807) is 0 Å². The smallest absolute Gasteiger partial charge is 0.340 e. The number of carbonyl (C=O) groups is 1. The molecule has 0 amide bonds. The molecule has 27 heavy (non-hydrogen) atoms. The van der Waals surface area contributed by atoms with Gasteiger partial charge in [0.15, 0.2) is 0 Å². The zero-order valence-corrected chi connectivity index (χ0v) is 17.8. The predicted molar refractivity (Wildman–Crippen MR) is 114 cm³/mol. The molecular weight excluding hydrogens is 402 g/mol. The maximum Gasteiger partial charge on any atom is 0.340 e. The molecule has 1 aliphatic heterocycles. The van der Waals surface area contributed by atoms with Crippen LogP contribution in [0.2, 0.25) is 0 Å². The third kappa shape index (κ3) is 4.92. The first kappa shape index (κ1) is 19.9. The fourth-order valence-electron chi connectivity index (χ4n) is 3.64. The Morgan fingerprint density at radius 3 is 2.33 bits per heavy atom. The zero-order valence-electron chi connectivity index (χ0n) is 16.2. The molecule has 2 aliphatic rings. The van der Waals surface area contributed by atoms with E-state index in [0.29, 0.717) is 17.6 Å². The molecule has 0 radical (unpaired) electrons. The summed E-state index contributed by atoms with van der Waals surface area (Å²) in [6, 6.07) is 15.6. The number of hydrogen-bond acceptors (Lipinski definition) is 3. The summed E-state index contributed by atoms with van der Waals surface area (Å²) in [5.74, 6) is -0.252. The zero-order chi connectivity index (χ0) is 19.3. The van der Waals surface area contributed by atoms with Gasteiger partial charge in [0.2, 0.25) is 0 Å². The van der Waals surface area contributed by atoms with Crippen LogP contribution in [0.1, 0.15) is 55.5 Å². The lowest BCUT2D eigenvalue weighted by Crippen LogP contribution is -2.35. The summed E-state index contributed by atoms with van der Waals surface area (Å²) in [4.78, 5) is 15.0. The fraction of sp³-hybridized carbons (Fsp3) is 0.435. The topological polar surface area (TPSA) is 29.5 Å². The average Bonchev–Trinajstić information content (AvgIpc) is 3.48. The Morgan fingerprint density at radius 1 is 1.04 bits per heavy atom. The van der Waals surface area contributed by atoms with Gasteiger partial charge >= 0.3 is 5.97 Å². The minimum atomic E-state index is -0.252. The molecule has 144 valence electrons. The van der Waals surface area contributed by atoms with Gasteiger partial charge in [-0.05, 0) is 54.9 Å². The van der Waals surface area contributed by atoms with Crippen molar-refractivity contribution < 1.29 is 9.53 Å². The van der Waals surface area contributed by atoms with Crippen LogP contribution in [0.3, 0.4) is 0 Å². The van der Waals surface area contributed by atoms with Crippen LogP contribution in [0.25, 0.3) is 0 Å².